The Kier molecular flexibility index (Phi) is 4.86. The molecule has 3 atom stereocenters. The van der Waals surface area contributed by atoms with Crippen LogP contribution in [0.3, 0.4) is 0 Å². The molecule has 1 aliphatic carbocycles. The summed E-state index contributed by atoms with van der Waals surface area (Å²) in [7, 11) is -2.99. The molecule has 0 bridgehead atoms. The smallest absolute Gasteiger partial charge is 0.226 e. The van der Waals surface area contributed by atoms with Gasteiger partial charge in [-0.05, 0) is 25.7 Å². The predicted molar refractivity (Wildman–Crippen MR) is 78.9 cm³/mol. The summed E-state index contributed by atoms with van der Waals surface area (Å²) in [4.78, 5) is 14.4. The zero-order valence-electron chi connectivity index (χ0n) is 11.8. The Balaban J connectivity index is 2.07. The third-order valence-electron chi connectivity index (χ3n) is 4.32. The first-order valence-corrected chi connectivity index (χ1v) is 9.12. The Morgan fingerprint density at radius 3 is 2.65 bits per heavy atom. The monoisotopic (exact) mass is 300 g/mol. The van der Waals surface area contributed by atoms with E-state index in [0.29, 0.717) is 19.4 Å². The van der Waals surface area contributed by atoms with Crippen molar-refractivity contribution in [2.75, 3.05) is 18.1 Å². The van der Waals surface area contributed by atoms with Crippen LogP contribution in [-0.2, 0) is 14.6 Å². The van der Waals surface area contributed by atoms with Crippen molar-refractivity contribution < 1.29 is 13.2 Å². The molecule has 2 N–H and O–H groups in total. The summed E-state index contributed by atoms with van der Waals surface area (Å²) in [6, 6.07) is -0.0979. The molecule has 1 aliphatic heterocycles. The second kappa shape index (κ2) is 6.26. The van der Waals surface area contributed by atoms with Crippen LogP contribution < -0.4 is 5.73 Å². The molecule has 2 fully saturated rings. The van der Waals surface area contributed by atoms with Gasteiger partial charge in [-0.3, -0.25) is 4.79 Å². The van der Waals surface area contributed by atoms with Gasteiger partial charge in [0, 0.05) is 24.5 Å². The second-order valence-electron chi connectivity index (χ2n) is 5.96. The SMILES string of the molecule is C=CCN(C(=O)C1CCCC(N)C1)C1CCS(=O)(=O)C1. The van der Waals surface area contributed by atoms with Gasteiger partial charge in [0.25, 0.3) is 0 Å². The first-order valence-electron chi connectivity index (χ1n) is 7.30. The van der Waals surface area contributed by atoms with Crippen LogP contribution in [0.5, 0.6) is 0 Å². The minimum atomic E-state index is -2.99. The van der Waals surface area contributed by atoms with Gasteiger partial charge in [-0.15, -0.1) is 6.58 Å². The third-order valence-corrected chi connectivity index (χ3v) is 6.07. The van der Waals surface area contributed by atoms with E-state index in [1.807, 2.05) is 0 Å². The molecule has 0 aromatic rings. The maximum absolute atomic E-state index is 12.7. The molecule has 20 heavy (non-hydrogen) atoms. The summed E-state index contributed by atoms with van der Waals surface area (Å²) < 4.78 is 23.2. The normalized spacial score (nSPS) is 32.8. The third kappa shape index (κ3) is 3.61. The lowest BCUT2D eigenvalue weighted by Crippen LogP contribution is -2.46. The maximum Gasteiger partial charge on any atom is 0.226 e. The highest BCUT2D eigenvalue weighted by Gasteiger charge is 2.37. The van der Waals surface area contributed by atoms with Crippen LogP contribution in [0.25, 0.3) is 0 Å². The molecule has 1 saturated heterocycles. The number of hydrogen-bond donors (Lipinski definition) is 1. The zero-order chi connectivity index (χ0) is 14.8. The fraction of sp³-hybridized carbons (Fsp3) is 0.786. The molecule has 1 amide bonds. The Morgan fingerprint density at radius 2 is 2.10 bits per heavy atom. The molecule has 5 nitrogen and oxygen atoms in total. The van der Waals surface area contributed by atoms with Gasteiger partial charge in [0.1, 0.15) is 0 Å². The highest BCUT2D eigenvalue weighted by molar-refractivity contribution is 7.91. The van der Waals surface area contributed by atoms with Crippen molar-refractivity contribution in [3.05, 3.63) is 12.7 Å². The van der Waals surface area contributed by atoms with Gasteiger partial charge in [0.15, 0.2) is 9.84 Å². The molecule has 1 heterocycles. The summed E-state index contributed by atoms with van der Waals surface area (Å²) in [5.74, 6) is 0.276. The van der Waals surface area contributed by atoms with E-state index in [9.17, 15) is 13.2 Å². The summed E-state index contributed by atoms with van der Waals surface area (Å²) in [5.41, 5.74) is 5.95. The minimum Gasteiger partial charge on any atom is -0.335 e. The van der Waals surface area contributed by atoms with Crippen molar-refractivity contribution in [1.82, 2.24) is 4.90 Å². The summed E-state index contributed by atoms with van der Waals surface area (Å²) in [6.07, 6.45) is 5.74. The van der Waals surface area contributed by atoms with E-state index in [1.165, 1.54) is 0 Å². The van der Waals surface area contributed by atoms with Crippen molar-refractivity contribution in [2.45, 2.75) is 44.2 Å². The van der Waals surface area contributed by atoms with E-state index in [1.54, 1.807) is 11.0 Å². The average molecular weight is 300 g/mol. The van der Waals surface area contributed by atoms with E-state index in [-0.39, 0.29) is 35.4 Å². The topological polar surface area (TPSA) is 80.5 Å². The quantitative estimate of drug-likeness (QED) is 0.775. The first-order chi connectivity index (χ1) is 9.43. The fourth-order valence-electron chi connectivity index (χ4n) is 3.27. The second-order valence-corrected chi connectivity index (χ2v) is 8.19. The van der Waals surface area contributed by atoms with Crippen LogP contribution in [0.2, 0.25) is 0 Å². The number of carbonyl (C=O) groups excluding carboxylic acids is 1. The summed E-state index contributed by atoms with van der Waals surface area (Å²) >= 11 is 0. The molecular weight excluding hydrogens is 276 g/mol. The number of nitrogens with zero attached hydrogens (tertiary/aromatic N) is 1. The number of rotatable bonds is 4. The highest BCUT2D eigenvalue weighted by Crippen LogP contribution is 2.27. The number of sulfone groups is 1. The van der Waals surface area contributed by atoms with Gasteiger partial charge in [0.05, 0.1) is 11.5 Å². The molecule has 114 valence electrons. The van der Waals surface area contributed by atoms with E-state index in [2.05, 4.69) is 6.58 Å². The van der Waals surface area contributed by atoms with Crippen LogP contribution in [0.4, 0.5) is 0 Å². The standard InChI is InChI=1S/C14H24N2O3S/c1-2-7-16(13-6-8-20(18,19)10-13)14(17)11-4-3-5-12(15)9-11/h2,11-13H,1,3-10,15H2. The largest absolute Gasteiger partial charge is 0.335 e. The lowest BCUT2D eigenvalue weighted by molar-refractivity contribution is -0.138. The van der Waals surface area contributed by atoms with Crippen molar-refractivity contribution in [3.63, 3.8) is 0 Å². The van der Waals surface area contributed by atoms with Gasteiger partial charge in [0.2, 0.25) is 5.91 Å². The Hall–Kier alpha value is -0.880. The Morgan fingerprint density at radius 1 is 1.35 bits per heavy atom. The molecule has 0 radical (unpaired) electrons. The summed E-state index contributed by atoms with van der Waals surface area (Å²) in [5, 5.41) is 0. The van der Waals surface area contributed by atoms with E-state index >= 15 is 0 Å². The van der Waals surface area contributed by atoms with Gasteiger partial charge in [-0.2, -0.15) is 0 Å². The highest BCUT2D eigenvalue weighted by atomic mass is 32.2. The zero-order valence-corrected chi connectivity index (χ0v) is 12.6. The molecule has 2 aliphatic rings. The van der Waals surface area contributed by atoms with Crippen LogP contribution in [0, 0.1) is 5.92 Å². The van der Waals surface area contributed by atoms with Crippen LogP contribution in [0.15, 0.2) is 12.7 Å². The number of nitrogens with two attached hydrogens (primary N) is 1. The first kappa shape index (κ1) is 15.5. The van der Waals surface area contributed by atoms with E-state index in [0.717, 1.165) is 19.3 Å². The molecule has 6 heteroatoms. The van der Waals surface area contributed by atoms with Gasteiger partial charge in [-0.25, -0.2) is 8.42 Å². The van der Waals surface area contributed by atoms with Crippen molar-refractivity contribution >= 4 is 15.7 Å². The Bertz CT molecular complexity index is 475. The van der Waals surface area contributed by atoms with E-state index < -0.39 is 9.84 Å². The fourth-order valence-corrected chi connectivity index (χ4v) is 5.00. The van der Waals surface area contributed by atoms with Crippen molar-refractivity contribution in [1.29, 1.82) is 0 Å². The molecule has 0 aromatic carbocycles. The predicted octanol–water partition coefficient (Wildman–Crippen LogP) is 0.706. The number of amides is 1. The molecular formula is C14H24N2O3S. The van der Waals surface area contributed by atoms with Crippen molar-refractivity contribution in [3.8, 4) is 0 Å². The maximum atomic E-state index is 12.7. The minimum absolute atomic E-state index is 0.0537. The lowest BCUT2D eigenvalue weighted by atomic mass is 9.85. The van der Waals surface area contributed by atoms with E-state index in [4.69, 9.17) is 5.73 Å². The van der Waals surface area contributed by atoms with Gasteiger partial charge < -0.3 is 10.6 Å². The molecule has 0 spiro atoms. The molecule has 0 aromatic heterocycles. The lowest BCUT2D eigenvalue weighted by Gasteiger charge is -2.34. The number of carbonyl (C=O) groups is 1. The average Bonchev–Trinajstić information content (AvgIpc) is 2.75. The van der Waals surface area contributed by atoms with Gasteiger partial charge >= 0.3 is 0 Å². The molecule has 1 saturated carbocycles. The van der Waals surface area contributed by atoms with Gasteiger partial charge in [-0.1, -0.05) is 12.5 Å². The Labute approximate surface area is 121 Å². The molecule has 2 rings (SSSR count). The summed E-state index contributed by atoms with van der Waals surface area (Å²) in [6.45, 7) is 4.10. The molecule has 3 unspecified atom stereocenters. The number of hydrogen-bond acceptors (Lipinski definition) is 4. The van der Waals surface area contributed by atoms with Crippen LogP contribution in [0.1, 0.15) is 32.1 Å². The van der Waals surface area contributed by atoms with Crippen LogP contribution >= 0.6 is 0 Å². The van der Waals surface area contributed by atoms with Crippen molar-refractivity contribution in [2.24, 2.45) is 11.7 Å². The van der Waals surface area contributed by atoms with Crippen LogP contribution in [-0.4, -0.2) is 49.4 Å².